The van der Waals surface area contributed by atoms with Crippen molar-refractivity contribution in [3.63, 3.8) is 0 Å². The molecule has 1 aliphatic rings. The second kappa shape index (κ2) is 12.1. The highest BCUT2D eigenvalue weighted by atomic mass is 127. The van der Waals surface area contributed by atoms with Crippen molar-refractivity contribution in [2.75, 3.05) is 13.7 Å². The molecule has 0 fully saturated rings. The molecular weight excluding hydrogens is 483 g/mol. The summed E-state index contributed by atoms with van der Waals surface area (Å²) in [4.78, 5) is 0. The molecule has 0 aromatic heterocycles. The van der Waals surface area contributed by atoms with Gasteiger partial charge in [-0.15, -0.1) is 0 Å². The van der Waals surface area contributed by atoms with Crippen LogP contribution in [0.4, 0.5) is 0 Å². The Bertz CT molecular complexity index is 630. The highest BCUT2D eigenvalue weighted by Gasteiger charge is 2.33. The van der Waals surface area contributed by atoms with Gasteiger partial charge in [-0.1, -0.05) is 53.4 Å². The molecular formula is C22H33IO4Si. The van der Waals surface area contributed by atoms with Crippen molar-refractivity contribution in [1.29, 1.82) is 0 Å². The fourth-order valence-electron chi connectivity index (χ4n) is 3.23. The van der Waals surface area contributed by atoms with Crippen LogP contribution in [0.15, 0.2) is 46.2 Å². The van der Waals surface area contributed by atoms with Crippen molar-refractivity contribution in [2.24, 2.45) is 0 Å². The van der Waals surface area contributed by atoms with E-state index in [1.165, 1.54) is 0 Å². The first kappa shape index (κ1) is 23.6. The fourth-order valence-corrected chi connectivity index (χ4v) is 5.50. The number of ether oxygens (including phenoxy) is 3. The summed E-state index contributed by atoms with van der Waals surface area (Å²) in [6.07, 6.45) is 7.32. The van der Waals surface area contributed by atoms with Crippen LogP contribution >= 0.6 is 22.6 Å². The predicted octanol–water partition coefficient (Wildman–Crippen LogP) is 5.80. The first-order chi connectivity index (χ1) is 13.5. The SMILES string of the molecule is CC[C@@H](/C=C\I)O[C@@H](CCOCc1ccc(OC)cc1)[C@H]1CC=C[Si](C)(C)O1. The Balaban J connectivity index is 1.91. The summed E-state index contributed by atoms with van der Waals surface area (Å²) < 4.78 is 26.0. The molecule has 1 aromatic rings. The van der Waals surface area contributed by atoms with Crippen LogP contribution < -0.4 is 4.74 Å². The van der Waals surface area contributed by atoms with Crippen molar-refractivity contribution in [1.82, 2.24) is 0 Å². The highest BCUT2D eigenvalue weighted by molar-refractivity contribution is 14.1. The summed E-state index contributed by atoms with van der Waals surface area (Å²) in [6.45, 7) is 7.85. The summed E-state index contributed by atoms with van der Waals surface area (Å²) in [5.41, 5.74) is 3.41. The lowest BCUT2D eigenvalue weighted by Gasteiger charge is -2.36. The Hall–Kier alpha value is -0.673. The van der Waals surface area contributed by atoms with Crippen LogP contribution in [0.25, 0.3) is 0 Å². The van der Waals surface area contributed by atoms with Crippen LogP contribution in [-0.2, 0) is 20.5 Å². The lowest BCUT2D eigenvalue weighted by atomic mass is 10.1. The summed E-state index contributed by atoms with van der Waals surface area (Å²) in [5, 5.41) is 0. The number of halogens is 1. The minimum Gasteiger partial charge on any atom is -0.497 e. The van der Waals surface area contributed by atoms with Crippen molar-refractivity contribution in [2.45, 2.75) is 64.2 Å². The Morgan fingerprint density at radius 1 is 1.29 bits per heavy atom. The topological polar surface area (TPSA) is 36.9 Å². The molecule has 2 rings (SSSR count). The second-order valence-corrected chi connectivity index (χ2v) is 12.0. The van der Waals surface area contributed by atoms with Gasteiger partial charge in [0.1, 0.15) is 5.75 Å². The maximum atomic E-state index is 6.43. The van der Waals surface area contributed by atoms with Crippen LogP contribution in [0.5, 0.6) is 5.75 Å². The lowest BCUT2D eigenvalue weighted by Crippen LogP contribution is -2.44. The standard InChI is InChI=1S/C22H33IO4Si/c1-5-19(12-14-23)26-21(22-7-6-16-28(3,4)27-22)13-15-25-17-18-8-10-20(24-2)11-9-18/h6,8-12,14,16,19,21-22H,5,7,13,15,17H2,1-4H3/b14-12-/t19-,21-,22+/m0/s1. The predicted molar refractivity (Wildman–Crippen MR) is 125 cm³/mol. The van der Waals surface area contributed by atoms with Gasteiger partial charge in [-0.3, -0.25) is 0 Å². The monoisotopic (exact) mass is 516 g/mol. The minimum atomic E-state index is -1.74. The van der Waals surface area contributed by atoms with E-state index in [1.807, 2.05) is 28.3 Å². The van der Waals surface area contributed by atoms with Gasteiger partial charge >= 0.3 is 0 Å². The molecule has 0 saturated carbocycles. The maximum Gasteiger partial charge on any atom is 0.211 e. The molecule has 0 spiro atoms. The lowest BCUT2D eigenvalue weighted by molar-refractivity contribution is -0.0697. The molecule has 1 aliphatic heterocycles. The normalized spacial score (nSPS) is 21.0. The third-order valence-electron chi connectivity index (χ3n) is 4.77. The molecule has 0 aliphatic carbocycles. The van der Waals surface area contributed by atoms with Crippen molar-refractivity contribution in [3.8, 4) is 5.75 Å². The molecule has 0 amide bonds. The smallest absolute Gasteiger partial charge is 0.211 e. The second-order valence-electron chi connectivity index (χ2n) is 7.53. The Morgan fingerprint density at radius 2 is 2.04 bits per heavy atom. The molecule has 0 bridgehead atoms. The summed E-state index contributed by atoms with van der Waals surface area (Å²) >= 11 is 2.25. The molecule has 4 nitrogen and oxygen atoms in total. The molecule has 156 valence electrons. The van der Waals surface area contributed by atoms with E-state index >= 15 is 0 Å². The van der Waals surface area contributed by atoms with Crippen LogP contribution in [0.1, 0.15) is 31.7 Å². The van der Waals surface area contributed by atoms with Gasteiger partial charge in [0.2, 0.25) is 8.32 Å². The molecule has 6 heteroatoms. The van der Waals surface area contributed by atoms with E-state index in [4.69, 9.17) is 18.6 Å². The highest BCUT2D eigenvalue weighted by Crippen LogP contribution is 2.25. The molecule has 0 N–H and O–H groups in total. The van der Waals surface area contributed by atoms with Crippen LogP contribution in [0.3, 0.4) is 0 Å². The summed E-state index contributed by atoms with van der Waals surface area (Å²) in [7, 11) is -0.0623. The van der Waals surface area contributed by atoms with Gasteiger partial charge in [0.05, 0.1) is 32.0 Å². The molecule has 0 saturated heterocycles. The van der Waals surface area contributed by atoms with Crippen LogP contribution in [-0.4, -0.2) is 40.3 Å². The quantitative estimate of drug-likeness (QED) is 0.212. The van der Waals surface area contributed by atoms with E-state index in [2.05, 4.69) is 60.5 Å². The number of methoxy groups -OCH3 is 1. The Labute approximate surface area is 184 Å². The number of rotatable bonds is 11. The largest absolute Gasteiger partial charge is 0.497 e. The third kappa shape index (κ3) is 7.98. The molecule has 1 heterocycles. The minimum absolute atomic E-state index is 0.0325. The average Bonchev–Trinajstić information content (AvgIpc) is 2.69. The summed E-state index contributed by atoms with van der Waals surface area (Å²) in [5.74, 6) is 0.862. The van der Waals surface area contributed by atoms with E-state index in [1.54, 1.807) is 7.11 Å². The van der Waals surface area contributed by atoms with Gasteiger partial charge in [-0.2, -0.15) is 0 Å². The fraction of sp³-hybridized carbons (Fsp3) is 0.545. The van der Waals surface area contributed by atoms with Gasteiger partial charge in [0.15, 0.2) is 0 Å². The van der Waals surface area contributed by atoms with Gasteiger partial charge in [-0.25, -0.2) is 0 Å². The third-order valence-corrected chi connectivity index (χ3v) is 7.14. The van der Waals surface area contributed by atoms with Gasteiger partial charge < -0.3 is 18.6 Å². The van der Waals surface area contributed by atoms with E-state index < -0.39 is 8.32 Å². The number of benzene rings is 1. The van der Waals surface area contributed by atoms with E-state index in [-0.39, 0.29) is 18.3 Å². The molecule has 28 heavy (non-hydrogen) atoms. The van der Waals surface area contributed by atoms with E-state index in [0.717, 1.165) is 30.6 Å². The van der Waals surface area contributed by atoms with Crippen LogP contribution in [0, 0.1) is 0 Å². The maximum absolute atomic E-state index is 6.43. The van der Waals surface area contributed by atoms with Crippen molar-refractivity contribution >= 4 is 30.9 Å². The van der Waals surface area contributed by atoms with Crippen molar-refractivity contribution in [3.05, 3.63) is 51.8 Å². The van der Waals surface area contributed by atoms with E-state index in [9.17, 15) is 0 Å². The Kier molecular flexibility index (Phi) is 10.2. The van der Waals surface area contributed by atoms with Gasteiger partial charge in [-0.05, 0) is 60.2 Å². The number of hydrogen-bond donors (Lipinski definition) is 0. The molecule has 0 radical (unpaired) electrons. The first-order valence-corrected chi connectivity index (χ1v) is 14.2. The number of hydrogen-bond acceptors (Lipinski definition) is 4. The molecule has 3 atom stereocenters. The Morgan fingerprint density at radius 3 is 2.64 bits per heavy atom. The zero-order valence-electron chi connectivity index (χ0n) is 17.4. The van der Waals surface area contributed by atoms with Gasteiger partial charge in [0.25, 0.3) is 0 Å². The zero-order valence-corrected chi connectivity index (χ0v) is 20.6. The average molecular weight is 516 g/mol. The van der Waals surface area contributed by atoms with Gasteiger partial charge in [0, 0.05) is 6.61 Å². The van der Waals surface area contributed by atoms with Crippen LogP contribution in [0.2, 0.25) is 13.1 Å². The molecule has 0 unspecified atom stereocenters. The molecule has 1 aromatic carbocycles. The van der Waals surface area contributed by atoms with E-state index in [0.29, 0.717) is 13.2 Å². The van der Waals surface area contributed by atoms with Crippen molar-refractivity contribution < 1.29 is 18.6 Å². The summed E-state index contributed by atoms with van der Waals surface area (Å²) in [6, 6.07) is 7.99. The first-order valence-electron chi connectivity index (χ1n) is 9.96. The zero-order chi connectivity index (χ0) is 20.4.